The van der Waals surface area contributed by atoms with Crippen molar-refractivity contribution >= 4 is 56.8 Å². The van der Waals surface area contributed by atoms with E-state index in [0.717, 1.165) is 32.9 Å². The molecule has 2 amide bonds. The molecule has 1 heterocycles. The number of nitrogen functional groups attached to an aromatic ring is 2. The number of aliphatic imine (C=N–C) groups is 1. The number of nitrogens with two attached hydrogens (primary N) is 4. The summed E-state index contributed by atoms with van der Waals surface area (Å²) in [4.78, 5) is 40.7. The summed E-state index contributed by atoms with van der Waals surface area (Å²) >= 11 is 0. The first kappa shape index (κ1) is 32.4. The van der Waals surface area contributed by atoms with Gasteiger partial charge in [-0.05, 0) is 55.3 Å². The number of hydrogen-bond donors (Lipinski definition) is 7. The second-order valence-corrected chi connectivity index (χ2v) is 9.98. The lowest BCUT2D eigenvalue weighted by molar-refractivity contribution is -0.632. The third kappa shape index (κ3) is 7.80. The molecule has 4 rings (SSSR count). The minimum absolute atomic E-state index is 0. The molecule has 11 N–H and O–H groups in total. The summed E-state index contributed by atoms with van der Waals surface area (Å²) < 4.78 is 2.03. The maximum atomic E-state index is 13.0. The molecule has 1 aromatic heterocycles. The summed E-state index contributed by atoms with van der Waals surface area (Å²) in [5.74, 6) is -2.10. The standard InChI is InChI=1S/C30H34N8O4.ClH/c1-38-25-16-20(32)8-10-22(25)21-9-7-19(31)15-23(21)27(38)17-4-2-5-18(14-17)28(40)35-13-11-26(39)37-24(29(41)42)6-3-12-36-30(33)34;/h2,4-5,7-10,14-16,24,32H,3,6,11-13,31H2,1H3,(H7,33,34,35,36,37,39,40,41,42);1H. The summed E-state index contributed by atoms with van der Waals surface area (Å²) in [6, 6.07) is 17.6. The number of carbonyl (C=O) groups excluding carboxylic acids is 2. The highest BCUT2D eigenvalue weighted by Gasteiger charge is 2.23. The number of aryl methyl sites for hydroxylation is 1. The van der Waals surface area contributed by atoms with E-state index in [1.807, 2.05) is 54.1 Å². The normalized spacial score (nSPS) is 11.4. The van der Waals surface area contributed by atoms with Gasteiger partial charge in [0.25, 0.3) is 5.91 Å². The van der Waals surface area contributed by atoms with Crippen molar-refractivity contribution in [3.8, 4) is 11.3 Å². The Bertz CT molecular complexity index is 1710. The first-order chi connectivity index (χ1) is 20.0. The Kier molecular flexibility index (Phi) is 10.7. The number of carbonyl (C=O) groups is 3. The third-order valence-corrected chi connectivity index (χ3v) is 6.92. The van der Waals surface area contributed by atoms with Gasteiger partial charge in [-0.3, -0.25) is 14.6 Å². The zero-order chi connectivity index (χ0) is 30.4. The van der Waals surface area contributed by atoms with Gasteiger partial charge in [0.2, 0.25) is 17.1 Å². The highest BCUT2D eigenvalue weighted by atomic mass is 35.5. The van der Waals surface area contributed by atoms with Crippen molar-refractivity contribution < 1.29 is 36.5 Å². The number of nitrogens with one attached hydrogen (secondary N) is 2. The predicted octanol–water partition coefficient (Wildman–Crippen LogP) is -1.60. The van der Waals surface area contributed by atoms with Gasteiger partial charge in [0.15, 0.2) is 5.96 Å². The minimum Gasteiger partial charge on any atom is -1.00 e. The van der Waals surface area contributed by atoms with Crippen LogP contribution in [0.3, 0.4) is 0 Å². The summed E-state index contributed by atoms with van der Waals surface area (Å²) in [5.41, 5.74) is 27.0. The van der Waals surface area contributed by atoms with E-state index in [1.54, 1.807) is 18.2 Å². The average Bonchev–Trinajstić information content (AvgIpc) is 2.94. The number of carboxylic acid groups (broad SMARTS) is 1. The fourth-order valence-corrected chi connectivity index (χ4v) is 4.92. The number of amides is 2. The van der Waals surface area contributed by atoms with Crippen LogP contribution in [-0.4, -0.2) is 48.0 Å². The number of nitrogens with zero attached hydrogens (tertiary/aromatic N) is 2. The molecule has 4 aromatic rings. The molecule has 0 saturated carbocycles. The van der Waals surface area contributed by atoms with Gasteiger partial charge in [0, 0.05) is 53.5 Å². The molecule has 0 fully saturated rings. The SMILES string of the molecule is C[n+]1c(-c2cccc(C(=O)NCCC(=O)NC(CCCN=C(N)N)C(=O)O)c2)c2cc(N)ccc2c2ccc(N)cc21.[Cl-]. The van der Waals surface area contributed by atoms with E-state index in [4.69, 9.17) is 22.9 Å². The van der Waals surface area contributed by atoms with Crippen LogP contribution in [-0.2, 0) is 16.6 Å². The Morgan fingerprint density at radius 1 is 0.953 bits per heavy atom. The molecule has 226 valence electrons. The second-order valence-electron chi connectivity index (χ2n) is 9.98. The number of aromatic nitrogens is 1. The van der Waals surface area contributed by atoms with Crippen LogP contribution < -0.4 is 50.5 Å². The van der Waals surface area contributed by atoms with Gasteiger partial charge in [0.1, 0.15) is 13.1 Å². The van der Waals surface area contributed by atoms with E-state index in [1.165, 1.54) is 0 Å². The molecule has 0 aliphatic carbocycles. The zero-order valence-electron chi connectivity index (χ0n) is 23.6. The van der Waals surface area contributed by atoms with Gasteiger partial charge in [-0.1, -0.05) is 12.1 Å². The minimum atomic E-state index is -1.16. The number of benzene rings is 3. The van der Waals surface area contributed by atoms with Gasteiger partial charge in [-0.15, -0.1) is 0 Å². The first-order valence-corrected chi connectivity index (χ1v) is 13.4. The van der Waals surface area contributed by atoms with Crippen LogP contribution in [0.25, 0.3) is 32.9 Å². The van der Waals surface area contributed by atoms with Crippen LogP contribution in [0.2, 0.25) is 0 Å². The van der Waals surface area contributed by atoms with Crippen LogP contribution in [0.15, 0.2) is 65.7 Å². The van der Waals surface area contributed by atoms with Gasteiger partial charge < -0.3 is 51.1 Å². The van der Waals surface area contributed by atoms with E-state index in [9.17, 15) is 19.5 Å². The fraction of sp³-hybridized carbons (Fsp3) is 0.233. The number of aliphatic carboxylic acids is 1. The summed E-state index contributed by atoms with van der Waals surface area (Å²) in [5, 5.41) is 17.6. The molecule has 1 atom stereocenters. The molecular weight excluding hydrogens is 572 g/mol. The molecule has 0 radical (unpaired) electrons. The van der Waals surface area contributed by atoms with E-state index in [2.05, 4.69) is 15.6 Å². The van der Waals surface area contributed by atoms with Crippen LogP contribution >= 0.6 is 0 Å². The number of carboxylic acids is 1. The van der Waals surface area contributed by atoms with Gasteiger partial charge >= 0.3 is 5.97 Å². The Balaban J connectivity index is 0.00000506. The molecule has 3 aromatic carbocycles. The Labute approximate surface area is 254 Å². The Hall–Kier alpha value is -5.10. The quantitative estimate of drug-likeness (QED) is 0.0263. The van der Waals surface area contributed by atoms with E-state index in [-0.39, 0.29) is 50.2 Å². The largest absolute Gasteiger partial charge is 1.00 e. The number of hydrogen-bond acceptors (Lipinski definition) is 6. The summed E-state index contributed by atoms with van der Waals surface area (Å²) in [7, 11) is 1.94. The maximum Gasteiger partial charge on any atom is 0.326 e. The molecule has 0 aliphatic rings. The van der Waals surface area contributed by atoms with Crippen LogP contribution in [0.5, 0.6) is 0 Å². The van der Waals surface area contributed by atoms with Crippen molar-refractivity contribution in [1.82, 2.24) is 10.6 Å². The van der Waals surface area contributed by atoms with Crippen molar-refractivity contribution in [3.05, 3.63) is 66.2 Å². The van der Waals surface area contributed by atoms with Crippen molar-refractivity contribution in [3.63, 3.8) is 0 Å². The number of pyridine rings is 1. The average molecular weight is 607 g/mol. The molecule has 0 saturated heterocycles. The predicted molar refractivity (Wildman–Crippen MR) is 163 cm³/mol. The smallest absolute Gasteiger partial charge is 0.326 e. The molecule has 13 heteroatoms. The number of fused-ring (bicyclic) bond motifs is 3. The Morgan fingerprint density at radius 2 is 1.65 bits per heavy atom. The number of rotatable bonds is 11. The number of anilines is 2. The lowest BCUT2D eigenvalue weighted by atomic mass is 9.97. The molecule has 43 heavy (non-hydrogen) atoms. The lowest BCUT2D eigenvalue weighted by Gasteiger charge is -2.14. The monoisotopic (exact) mass is 606 g/mol. The third-order valence-electron chi connectivity index (χ3n) is 6.92. The van der Waals surface area contributed by atoms with Crippen LogP contribution in [0.1, 0.15) is 29.6 Å². The van der Waals surface area contributed by atoms with Gasteiger partial charge in [-0.25, -0.2) is 4.79 Å². The summed E-state index contributed by atoms with van der Waals surface area (Å²) in [6.45, 7) is 0.281. The first-order valence-electron chi connectivity index (χ1n) is 13.4. The molecule has 1 unspecified atom stereocenters. The highest BCUT2D eigenvalue weighted by molar-refractivity contribution is 6.10. The molecule has 0 spiro atoms. The van der Waals surface area contributed by atoms with Gasteiger partial charge in [-0.2, -0.15) is 4.57 Å². The van der Waals surface area contributed by atoms with Gasteiger partial charge in [0.05, 0.1) is 10.8 Å². The van der Waals surface area contributed by atoms with Crippen LogP contribution in [0.4, 0.5) is 11.4 Å². The van der Waals surface area contributed by atoms with E-state index in [0.29, 0.717) is 23.4 Å². The topological polar surface area (TPSA) is 216 Å². The zero-order valence-corrected chi connectivity index (χ0v) is 24.4. The molecule has 12 nitrogen and oxygen atoms in total. The van der Waals surface area contributed by atoms with Crippen molar-refractivity contribution in [2.45, 2.75) is 25.3 Å². The van der Waals surface area contributed by atoms with Crippen molar-refractivity contribution in [1.29, 1.82) is 0 Å². The second kappa shape index (κ2) is 14.2. The molecule has 0 aliphatic heterocycles. The van der Waals surface area contributed by atoms with E-state index < -0.39 is 17.9 Å². The molecular formula is C30H35ClN8O4. The summed E-state index contributed by atoms with van der Waals surface area (Å²) in [6.07, 6.45) is 0.455. The Morgan fingerprint density at radius 3 is 2.35 bits per heavy atom. The van der Waals surface area contributed by atoms with Crippen LogP contribution in [0, 0.1) is 0 Å². The van der Waals surface area contributed by atoms with Crippen molar-refractivity contribution in [2.75, 3.05) is 24.6 Å². The maximum absolute atomic E-state index is 13.0. The fourth-order valence-electron chi connectivity index (χ4n) is 4.92. The number of halogens is 1. The van der Waals surface area contributed by atoms with E-state index >= 15 is 0 Å². The van der Waals surface area contributed by atoms with Crippen molar-refractivity contribution in [2.24, 2.45) is 23.5 Å². The molecule has 0 bridgehead atoms. The number of guanidine groups is 1. The lowest BCUT2D eigenvalue weighted by Crippen LogP contribution is -3.00. The highest BCUT2D eigenvalue weighted by Crippen LogP contribution is 2.33.